The molecule has 21 heteroatoms. The van der Waals surface area contributed by atoms with Crippen LogP contribution in [-0.4, -0.2) is 100 Å². The first-order valence-corrected chi connectivity index (χ1v) is 34.7. The van der Waals surface area contributed by atoms with Gasteiger partial charge in [-0.15, -0.1) is 0 Å². The van der Waals surface area contributed by atoms with Gasteiger partial charge in [-0.05, 0) is 98.2 Å². The summed E-state index contributed by atoms with van der Waals surface area (Å²) in [6.45, 7) is 30.8. The Hall–Kier alpha value is 1.99. The largest absolute Gasteiger partial charge is 0.436 e. The molecular formula is C15H45O10Si11. The van der Waals surface area contributed by atoms with Crippen molar-refractivity contribution in [1.29, 1.82) is 0 Å². The highest BCUT2D eigenvalue weighted by Crippen LogP contribution is 2.10. The van der Waals surface area contributed by atoms with Gasteiger partial charge in [-0.3, -0.25) is 0 Å². The Bertz CT molecular complexity index is 539. The quantitative estimate of drug-likeness (QED) is 0.175. The summed E-state index contributed by atoms with van der Waals surface area (Å²) in [4.78, 5) is 0. The molecule has 0 rings (SSSR count). The van der Waals surface area contributed by atoms with Gasteiger partial charge in [-0.25, -0.2) is 0 Å². The van der Waals surface area contributed by atoms with Gasteiger partial charge < -0.3 is 41.2 Å². The summed E-state index contributed by atoms with van der Waals surface area (Å²) in [6, 6.07) is 0. The van der Waals surface area contributed by atoms with Crippen LogP contribution in [0.25, 0.3) is 0 Å². The van der Waals surface area contributed by atoms with Crippen LogP contribution >= 0.6 is 0 Å². The summed E-state index contributed by atoms with van der Waals surface area (Å²) >= 11 is 0. The van der Waals surface area contributed by atoms with Gasteiger partial charge in [-0.1, -0.05) is 0 Å². The lowest BCUT2D eigenvalue weighted by atomic mass is 11.8. The van der Waals surface area contributed by atoms with Gasteiger partial charge in [0, 0.05) is 0 Å². The lowest BCUT2D eigenvalue weighted by Crippen LogP contribution is -2.43. The second-order valence-electron chi connectivity index (χ2n) is 9.67. The van der Waals surface area contributed by atoms with Crippen LogP contribution in [0.15, 0.2) is 0 Å². The maximum atomic E-state index is 6.03. The summed E-state index contributed by atoms with van der Waals surface area (Å²) in [7, 11) is -16.2. The molecule has 0 spiro atoms. The van der Waals surface area contributed by atoms with Gasteiger partial charge in [0.1, 0.15) is 0 Å². The fraction of sp³-hybridized carbons (Fsp3) is 1.00. The second kappa shape index (κ2) is 18.4. The molecule has 209 valence electrons. The molecule has 0 amide bonds. The first kappa shape index (κ1) is 38.0. The van der Waals surface area contributed by atoms with E-state index < -0.39 is 100 Å². The normalized spacial score (nSPS) is 14.0. The molecule has 0 aliphatic heterocycles. The van der Waals surface area contributed by atoms with E-state index in [9.17, 15) is 0 Å². The molecule has 0 aromatic heterocycles. The molecule has 0 bridgehead atoms. The molecule has 36 heavy (non-hydrogen) atoms. The minimum Gasteiger partial charge on any atom is -0.436 e. The third-order valence-electron chi connectivity index (χ3n) is 3.20. The van der Waals surface area contributed by atoms with Gasteiger partial charge in [0.05, 0.1) is 0 Å². The van der Waals surface area contributed by atoms with Crippen molar-refractivity contribution in [3.8, 4) is 0 Å². The third-order valence-corrected chi connectivity index (χ3v) is 28.8. The first-order valence-electron chi connectivity index (χ1n) is 11.6. The predicted octanol–water partition coefficient (Wildman–Crippen LogP) is 3.88. The Balaban J connectivity index is 4.28. The van der Waals surface area contributed by atoms with Crippen LogP contribution in [-0.2, 0) is 41.2 Å². The number of hydrogen-bond donors (Lipinski definition) is 0. The van der Waals surface area contributed by atoms with Crippen LogP contribution in [0.5, 0.6) is 0 Å². The van der Waals surface area contributed by atoms with Crippen LogP contribution in [0, 0.1) is 0 Å². The predicted molar refractivity (Wildman–Crippen MR) is 162 cm³/mol. The smallest absolute Gasteiger partial charge is 0.362 e. The van der Waals surface area contributed by atoms with Gasteiger partial charge in [0.2, 0.25) is 0 Å². The van der Waals surface area contributed by atoms with E-state index in [2.05, 4.69) is 39.3 Å². The summed E-state index contributed by atoms with van der Waals surface area (Å²) in [6.07, 6.45) is 0. The molecule has 9 radical (unpaired) electrons. The molecule has 0 saturated heterocycles. The topological polar surface area (TPSA) is 92.3 Å². The number of hydrogen-bond acceptors (Lipinski definition) is 10. The van der Waals surface area contributed by atoms with Crippen LogP contribution in [0.4, 0.5) is 0 Å². The Morgan fingerprint density at radius 1 is 0.278 bits per heavy atom. The molecule has 0 aromatic rings. The van der Waals surface area contributed by atoms with Gasteiger partial charge >= 0.3 is 83.6 Å². The van der Waals surface area contributed by atoms with Crippen molar-refractivity contribution in [2.45, 2.75) is 98.2 Å². The summed E-state index contributed by atoms with van der Waals surface area (Å²) in [5.74, 6) is 0. The van der Waals surface area contributed by atoms with Crippen molar-refractivity contribution in [1.82, 2.24) is 0 Å². The highest BCUT2D eigenvalue weighted by atomic mass is 28.5. The maximum Gasteiger partial charge on any atom is 0.362 e. The van der Waals surface area contributed by atoms with Crippen molar-refractivity contribution in [2.24, 2.45) is 0 Å². The van der Waals surface area contributed by atoms with E-state index in [0.717, 1.165) is 0 Å². The second-order valence-corrected chi connectivity index (χ2v) is 35.1. The van der Waals surface area contributed by atoms with Gasteiger partial charge in [-0.2, -0.15) is 0 Å². The van der Waals surface area contributed by atoms with Gasteiger partial charge in [0.25, 0.3) is 0 Å². The average molecular weight is 694 g/mol. The molecule has 10 nitrogen and oxygen atoms in total. The van der Waals surface area contributed by atoms with Crippen molar-refractivity contribution in [3.05, 3.63) is 0 Å². The Kier molecular flexibility index (Phi) is 19.4. The Morgan fingerprint density at radius 2 is 0.417 bits per heavy atom. The zero-order chi connectivity index (χ0) is 28.3. The molecule has 0 atom stereocenters. The highest BCUT2D eigenvalue weighted by Gasteiger charge is 2.30. The van der Waals surface area contributed by atoms with Crippen molar-refractivity contribution >= 4 is 100 Å². The van der Waals surface area contributed by atoms with Crippen molar-refractivity contribution in [3.63, 3.8) is 0 Å². The molecular weight excluding hydrogens is 649 g/mol. The van der Waals surface area contributed by atoms with Gasteiger partial charge in [0.15, 0.2) is 16.6 Å². The van der Waals surface area contributed by atoms with E-state index in [0.29, 0.717) is 0 Å². The van der Waals surface area contributed by atoms with Crippen molar-refractivity contribution in [2.75, 3.05) is 0 Å². The number of rotatable bonds is 20. The van der Waals surface area contributed by atoms with E-state index in [1.54, 1.807) is 0 Å². The Morgan fingerprint density at radius 3 is 0.556 bits per heavy atom. The zero-order valence-electron chi connectivity index (χ0n) is 24.6. The minimum absolute atomic E-state index is 1.31. The van der Waals surface area contributed by atoms with Crippen LogP contribution in [0.1, 0.15) is 0 Å². The highest BCUT2D eigenvalue weighted by molar-refractivity contribution is 6.78. The van der Waals surface area contributed by atoms with E-state index in [-0.39, 0.29) is 0 Å². The summed E-state index contributed by atoms with van der Waals surface area (Å²) in [5.41, 5.74) is 0. The lowest BCUT2D eigenvalue weighted by Gasteiger charge is -2.26. The summed E-state index contributed by atoms with van der Waals surface area (Å²) in [5, 5.41) is 0. The van der Waals surface area contributed by atoms with E-state index in [1.165, 1.54) is 0 Å². The Labute approximate surface area is 238 Å². The minimum atomic E-state index is -1.61. The fourth-order valence-corrected chi connectivity index (χ4v) is 27.4. The van der Waals surface area contributed by atoms with Crippen LogP contribution in [0.3, 0.4) is 0 Å². The first-order chi connectivity index (χ1) is 16.3. The van der Waals surface area contributed by atoms with Crippen LogP contribution < -0.4 is 0 Å². The summed E-state index contributed by atoms with van der Waals surface area (Å²) < 4.78 is 60.1. The molecule has 0 aromatic carbocycles. The third kappa shape index (κ3) is 22.8. The molecule has 0 fully saturated rings. The molecule has 0 N–H and O–H groups in total. The fourth-order valence-electron chi connectivity index (χ4n) is 2.67. The van der Waals surface area contributed by atoms with Crippen LogP contribution in [0.2, 0.25) is 98.2 Å². The zero-order valence-corrected chi connectivity index (χ0v) is 35.6. The van der Waals surface area contributed by atoms with E-state index in [4.69, 9.17) is 41.2 Å². The van der Waals surface area contributed by atoms with E-state index >= 15 is 0 Å². The molecule has 0 unspecified atom stereocenters. The monoisotopic (exact) mass is 693 g/mol. The molecule has 0 aliphatic carbocycles. The standard InChI is InChI=1S/C15H45O10Si11/c1-26(16-27(2)18-29(4)20-31(6)22-33(8)24-35(10,11)12)17-28(3)19-30(5)21-32(7)23-34(9)25-36(13,14)15/h1-15H3. The van der Waals surface area contributed by atoms with E-state index in [1.807, 2.05) is 58.9 Å². The molecule has 0 aliphatic rings. The average Bonchev–Trinajstić information content (AvgIpc) is 2.55. The van der Waals surface area contributed by atoms with Crippen molar-refractivity contribution < 1.29 is 41.2 Å². The molecule has 0 heterocycles. The molecule has 0 saturated carbocycles. The maximum absolute atomic E-state index is 6.03. The SMILES string of the molecule is C[Si](O[Si](C)O[Si](C)O[Si](C)O[Si](C)O[Si](C)(C)C)O[Si](C)O[Si](C)O[Si](C)O[Si](C)O[Si](C)(C)C. The lowest BCUT2D eigenvalue weighted by molar-refractivity contribution is 0.310.